The molecule has 0 bridgehead atoms. The Morgan fingerprint density at radius 2 is 0.663 bits per heavy atom. The van der Waals surface area contributed by atoms with Gasteiger partial charge in [0.1, 0.15) is 26.4 Å². The average Bonchev–Trinajstić information content (AvgIpc) is 3.55. The number of hydrogen-bond acceptors (Lipinski definition) is 12. The quantitative estimate of drug-likeness (QED) is 0.0204. The van der Waals surface area contributed by atoms with Crippen LogP contribution in [0.1, 0.15) is 285 Å². The minimum absolute atomic E-state index is 0.0704. The van der Waals surface area contributed by atoms with E-state index in [1.807, 2.05) is 55.5 Å². The summed E-state index contributed by atoms with van der Waals surface area (Å²) in [5, 5.41) is 3.69. The van der Waals surface area contributed by atoms with Gasteiger partial charge in [-0.2, -0.15) is 0 Å². The molecule has 0 aromatic carbocycles. The molecule has 1 N–H and O–H groups in total. The van der Waals surface area contributed by atoms with E-state index in [2.05, 4.69) is 62.2 Å². The number of amides is 1. The maximum Gasteiger partial charge on any atom is 0.330 e. The topological polar surface area (TPSA) is 141 Å². The summed E-state index contributed by atoms with van der Waals surface area (Å²) < 4.78 is 21.0. The fourth-order valence-corrected chi connectivity index (χ4v) is 10.0. The van der Waals surface area contributed by atoms with E-state index in [9.17, 15) is 24.0 Å². The predicted molar refractivity (Wildman–Crippen MR) is 367 cm³/mol. The Hall–Kier alpha value is -3.94. The lowest BCUT2D eigenvalue weighted by molar-refractivity contribution is -0.143. The van der Waals surface area contributed by atoms with Gasteiger partial charge in [-0.3, -0.25) is 14.4 Å². The van der Waals surface area contributed by atoms with E-state index >= 15 is 0 Å². The number of carbonyl (C=O) groups excluding carboxylic acids is 5. The second-order valence-corrected chi connectivity index (χ2v) is 24.1. The van der Waals surface area contributed by atoms with Gasteiger partial charge in [-0.25, -0.2) is 9.59 Å². The molecule has 1 amide bonds. The largest absolute Gasteiger partial charge is 0.461 e. The Morgan fingerprint density at radius 1 is 0.349 bits per heavy atom. The van der Waals surface area contributed by atoms with Crippen LogP contribution in [0.25, 0.3) is 0 Å². The number of allylic oxidation sites excluding steroid dienone is 6. The zero-order valence-corrected chi connectivity index (χ0v) is 57.1. The Balaban J connectivity index is 0. The summed E-state index contributed by atoms with van der Waals surface area (Å²) in [6.45, 7) is 14.9. The lowest BCUT2D eigenvalue weighted by Crippen LogP contribution is -2.30. The van der Waals surface area contributed by atoms with E-state index in [-0.39, 0.29) is 29.1 Å². The lowest BCUT2D eigenvalue weighted by Gasteiger charge is -2.22. The van der Waals surface area contributed by atoms with Crippen molar-refractivity contribution in [1.29, 1.82) is 0 Å². The van der Waals surface area contributed by atoms with Crippen LogP contribution in [0.2, 0.25) is 0 Å². The molecule has 0 rings (SSSR count). The second kappa shape index (κ2) is 71.8. The maximum atomic E-state index is 12.9. The van der Waals surface area contributed by atoms with Gasteiger partial charge in [0.25, 0.3) is 5.24 Å². The minimum Gasteiger partial charge on any atom is -0.461 e. The van der Waals surface area contributed by atoms with Crippen molar-refractivity contribution in [2.45, 2.75) is 285 Å². The summed E-state index contributed by atoms with van der Waals surface area (Å²) >= 11 is 1.41. The molecule has 0 saturated heterocycles. The van der Waals surface area contributed by atoms with Crippen molar-refractivity contribution in [3.63, 3.8) is 0 Å². The first-order valence-electron chi connectivity index (χ1n) is 35.0. The molecule has 0 fully saturated rings. The van der Waals surface area contributed by atoms with Crippen LogP contribution in [-0.4, -0.2) is 118 Å². The summed E-state index contributed by atoms with van der Waals surface area (Å²) in [7, 11) is 4.05. The Kier molecular flexibility index (Phi) is 70.2. The van der Waals surface area contributed by atoms with Gasteiger partial charge >= 0.3 is 23.9 Å². The molecule has 0 spiro atoms. The van der Waals surface area contributed by atoms with Crippen LogP contribution in [0, 0.1) is 0 Å². The van der Waals surface area contributed by atoms with E-state index in [4.69, 9.17) is 18.9 Å². The van der Waals surface area contributed by atoms with Gasteiger partial charge in [-0.05, 0) is 143 Å². The highest BCUT2D eigenvalue weighted by molar-refractivity contribution is 8.13. The van der Waals surface area contributed by atoms with Gasteiger partial charge in [0.2, 0.25) is 0 Å². The molecule has 0 atom stereocenters. The zero-order chi connectivity index (χ0) is 63.1. The third kappa shape index (κ3) is 70.8. The molecule has 0 heterocycles. The fraction of sp³-hybridized carbons (Fsp3) is 0.767. The monoisotopic (exact) mass is 1230 g/mol. The third-order valence-electron chi connectivity index (χ3n) is 14.5. The number of ether oxygens (including phenoxy) is 4. The van der Waals surface area contributed by atoms with Crippen LogP contribution >= 0.6 is 11.8 Å². The van der Waals surface area contributed by atoms with Gasteiger partial charge in [0.15, 0.2) is 0 Å². The van der Waals surface area contributed by atoms with E-state index in [1.54, 1.807) is 6.08 Å². The molecule has 0 aromatic rings. The Bertz CT molecular complexity index is 1710. The summed E-state index contributed by atoms with van der Waals surface area (Å²) in [4.78, 5) is 64.3. The molecular formula is C73H131N3O9S. The molecule has 12 nitrogen and oxygen atoms in total. The summed E-state index contributed by atoms with van der Waals surface area (Å²) in [6.07, 6.45) is 67.2. The van der Waals surface area contributed by atoms with Gasteiger partial charge in [0.05, 0.1) is 0 Å². The van der Waals surface area contributed by atoms with E-state index in [0.29, 0.717) is 39.3 Å². The SMILES string of the molecule is CCCCCC/C=C\COC(=O)/C=C/CCCCCN(CCCCCCCC(=O)OC/C=C\CCCCCC)C(=O)SCCN(C)C.CCCCCC/C=C\COC(=O)/C=C/CCCCCNCCCCCCCC(=O)OC/C=C\CCCCCC. The van der Waals surface area contributed by atoms with Crippen molar-refractivity contribution in [2.75, 3.05) is 79.0 Å². The van der Waals surface area contributed by atoms with Crippen molar-refractivity contribution in [3.8, 4) is 0 Å². The van der Waals surface area contributed by atoms with E-state index in [1.165, 1.54) is 140 Å². The molecule has 0 unspecified atom stereocenters. The molecule has 0 aliphatic rings. The fourth-order valence-electron chi connectivity index (χ4n) is 9.05. The molecule has 0 aromatic heterocycles. The van der Waals surface area contributed by atoms with Gasteiger partial charge < -0.3 is 34.1 Å². The van der Waals surface area contributed by atoms with E-state index < -0.39 is 0 Å². The molecule has 498 valence electrons. The van der Waals surface area contributed by atoms with Crippen LogP contribution in [0.5, 0.6) is 0 Å². The smallest absolute Gasteiger partial charge is 0.330 e. The zero-order valence-electron chi connectivity index (χ0n) is 56.3. The standard InChI is InChI=1S/C39H70N2O5S.C34H61NO4/c1-5-7-9-11-13-21-27-34-45-37(42)29-23-17-15-19-25-31-41(39(44)47-36-33-40(3)4)32-26-20-16-18-24-30-38(43)46-35-28-22-14-12-10-8-6-2;1-3-5-7-9-11-19-25-31-38-33(36)27-21-15-13-17-23-29-35-30-24-18-14-16-22-28-34(37)39-32-26-20-12-10-8-6-4-2/h21-23,27-29H,5-20,24-26,30-36H2,1-4H3;19-21,25-27,35H,3-18,22-24,28-32H2,1-2H3/b27-21-,28-22-,29-23+;25-19-,26-20-,27-21+. The van der Waals surface area contributed by atoms with Crippen molar-refractivity contribution in [2.24, 2.45) is 0 Å². The van der Waals surface area contributed by atoms with E-state index in [0.717, 1.165) is 160 Å². The first kappa shape index (κ1) is 84.1. The maximum absolute atomic E-state index is 12.9. The van der Waals surface area contributed by atoms with Gasteiger partial charge in [-0.15, -0.1) is 0 Å². The first-order chi connectivity index (χ1) is 42.1. The Labute approximate surface area is 532 Å². The van der Waals surface area contributed by atoms with Crippen LogP contribution in [0.3, 0.4) is 0 Å². The van der Waals surface area contributed by atoms with Crippen LogP contribution in [-0.2, 0) is 38.1 Å². The Morgan fingerprint density at radius 3 is 1.05 bits per heavy atom. The highest BCUT2D eigenvalue weighted by Gasteiger charge is 2.14. The van der Waals surface area contributed by atoms with Crippen LogP contribution in [0.15, 0.2) is 72.9 Å². The highest BCUT2D eigenvalue weighted by atomic mass is 32.2. The number of hydrogen-bond donors (Lipinski definition) is 1. The van der Waals surface area contributed by atoms with Crippen molar-refractivity contribution in [1.82, 2.24) is 15.1 Å². The van der Waals surface area contributed by atoms with Gasteiger partial charge in [0, 0.05) is 50.4 Å². The number of nitrogens with one attached hydrogen (secondary N) is 1. The third-order valence-corrected chi connectivity index (χ3v) is 15.4. The van der Waals surface area contributed by atoms with Crippen LogP contribution in [0.4, 0.5) is 4.79 Å². The highest BCUT2D eigenvalue weighted by Crippen LogP contribution is 2.15. The molecule has 0 radical (unpaired) electrons. The second-order valence-electron chi connectivity index (χ2n) is 23.1. The lowest BCUT2D eigenvalue weighted by atomic mass is 10.1. The molecule has 13 heteroatoms. The number of esters is 4. The number of nitrogens with zero attached hydrogens (tertiary/aromatic N) is 2. The predicted octanol–water partition coefficient (Wildman–Crippen LogP) is 19.5. The first-order valence-corrected chi connectivity index (χ1v) is 35.9. The summed E-state index contributed by atoms with van der Waals surface area (Å²) in [6, 6.07) is 0. The van der Waals surface area contributed by atoms with Gasteiger partial charge in [-0.1, -0.05) is 229 Å². The van der Waals surface area contributed by atoms with Crippen molar-refractivity contribution < 1.29 is 42.9 Å². The molecule has 0 saturated carbocycles. The number of carbonyl (C=O) groups is 5. The molecule has 86 heavy (non-hydrogen) atoms. The van der Waals surface area contributed by atoms with Crippen molar-refractivity contribution >= 4 is 40.9 Å². The summed E-state index contributed by atoms with van der Waals surface area (Å²) in [5.74, 6) is 0.0764. The van der Waals surface area contributed by atoms with Crippen molar-refractivity contribution in [3.05, 3.63) is 72.9 Å². The minimum atomic E-state index is -0.289. The average molecular weight is 1230 g/mol. The van der Waals surface area contributed by atoms with Crippen LogP contribution < -0.4 is 5.32 Å². The number of thioether (sulfide) groups is 1. The number of rotatable bonds is 61. The molecule has 0 aliphatic heterocycles. The molecular weight excluding hydrogens is 1090 g/mol. The normalized spacial score (nSPS) is 11.8. The molecule has 0 aliphatic carbocycles. The summed E-state index contributed by atoms with van der Waals surface area (Å²) in [5.41, 5.74) is 0. The number of unbranched alkanes of at least 4 members (excludes halogenated alkanes) is 30.